The van der Waals surface area contributed by atoms with Crippen LogP contribution >= 0.6 is 12.4 Å². The second kappa shape index (κ2) is 21.4. The molecule has 0 aliphatic carbocycles. The normalized spacial score (nSPS) is 2.60. The van der Waals surface area contributed by atoms with Crippen molar-refractivity contribution in [3.63, 3.8) is 0 Å². The van der Waals surface area contributed by atoms with Crippen LogP contribution in [-0.2, 0) is 3.02 Å². The van der Waals surface area contributed by atoms with E-state index in [2.05, 4.69) is 0 Å². The first kappa shape index (κ1) is 17.0. The molecule has 0 amide bonds. The molecule has 0 aliphatic rings. The molecule has 5 heteroatoms. The molecule has 0 aromatic heterocycles. The molecule has 34 valence electrons. The Morgan fingerprint density at radius 3 is 1.60 bits per heavy atom. The van der Waals surface area contributed by atoms with Crippen LogP contribution in [0.1, 0.15) is 0 Å². The summed E-state index contributed by atoms with van der Waals surface area (Å²) in [6, 6.07) is 0. The minimum absolute atomic E-state index is 0. The van der Waals surface area contributed by atoms with Crippen molar-refractivity contribution in [2.45, 2.75) is 0 Å². The van der Waals surface area contributed by atoms with E-state index in [9.17, 15) is 0 Å². The summed E-state index contributed by atoms with van der Waals surface area (Å²) in [5, 5.41) is 0. The Labute approximate surface area is 45.8 Å². The third kappa shape index (κ3) is 59.0. The second-order valence-corrected chi connectivity index (χ2v) is 0.548. The van der Waals surface area contributed by atoms with Gasteiger partial charge in [-0.15, -0.1) is 12.4 Å². The summed E-state index contributed by atoms with van der Waals surface area (Å²) < 4.78 is 15.8. The van der Waals surface area contributed by atoms with Crippen molar-refractivity contribution < 1.29 is 11.1 Å². The summed E-state index contributed by atoms with van der Waals surface area (Å²) in [7, 11) is 0. The topological polar surface area (TPSA) is 37.3 Å². The maximum atomic E-state index is 8.64. The van der Waals surface area contributed by atoms with Gasteiger partial charge in [-0.05, 0) is 0 Å². The maximum absolute atomic E-state index is 8.64. The van der Waals surface area contributed by atoms with Crippen molar-refractivity contribution in [2.24, 2.45) is 0 Å². The van der Waals surface area contributed by atoms with Crippen molar-refractivity contribution >= 4 is 34.4 Å². The van der Waals surface area contributed by atoms with Crippen molar-refractivity contribution in [1.82, 2.24) is 0 Å². The van der Waals surface area contributed by atoms with Crippen LogP contribution in [-0.4, -0.2) is 25.4 Å². The van der Waals surface area contributed by atoms with Crippen LogP contribution in [0.2, 0.25) is 0 Å². The fourth-order valence-electron chi connectivity index (χ4n) is 0. The first-order chi connectivity index (χ1) is 1.41. The SMILES string of the molecule is Cl.F.[O]=[Sb][OH]. The molecule has 0 spiro atoms. The summed E-state index contributed by atoms with van der Waals surface area (Å²) in [4.78, 5) is 0. The third-order valence-electron chi connectivity index (χ3n) is 0. The van der Waals surface area contributed by atoms with Crippen LogP contribution in [0.3, 0.4) is 0 Å². The van der Waals surface area contributed by atoms with Gasteiger partial charge in [0.15, 0.2) is 0 Å². The molecule has 0 aromatic rings. The van der Waals surface area contributed by atoms with Gasteiger partial charge in [-0.1, -0.05) is 0 Å². The van der Waals surface area contributed by atoms with Crippen LogP contribution in [0.5, 0.6) is 0 Å². The second-order valence-electron chi connectivity index (χ2n) is 0.0816. The van der Waals surface area contributed by atoms with E-state index in [1.807, 2.05) is 0 Å². The van der Waals surface area contributed by atoms with E-state index < -0.39 is 22.0 Å². The Balaban J connectivity index is -0.0000000200. The van der Waals surface area contributed by atoms with Gasteiger partial charge < -0.3 is 0 Å². The quantitative estimate of drug-likeness (QED) is 0.549. The van der Waals surface area contributed by atoms with Crippen molar-refractivity contribution in [3.8, 4) is 0 Å². The Bertz CT molecular complexity index is 17.1. The predicted molar refractivity (Wildman–Crippen MR) is 18.4 cm³/mol. The van der Waals surface area contributed by atoms with E-state index in [1.165, 1.54) is 0 Å². The van der Waals surface area contributed by atoms with Crippen LogP contribution in [0.15, 0.2) is 0 Å². The van der Waals surface area contributed by atoms with Crippen molar-refractivity contribution in [1.29, 1.82) is 0 Å². The fraction of sp³-hybridized carbons (Fsp3) is 0. The van der Waals surface area contributed by atoms with Gasteiger partial charge in [0.1, 0.15) is 0 Å². The van der Waals surface area contributed by atoms with Crippen LogP contribution in [0, 0.1) is 0 Å². The molecule has 1 N–H and O–H groups in total. The Morgan fingerprint density at radius 2 is 1.60 bits per heavy atom. The average molecular weight is 211 g/mol. The molecule has 0 aromatic carbocycles. The van der Waals surface area contributed by atoms with E-state index in [0.29, 0.717) is 0 Å². The number of halogens is 2. The molecule has 2 nitrogen and oxygen atoms in total. The average Bonchev–Trinajstić information content (AvgIpc) is 0.918. The fourth-order valence-corrected chi connectivity index (χ4v) is 0. The Kier molecular flexibility index (Phi) is 73.0. The van der Waals surface area contributed by atoms with Crippen molar-refractivity contribution in [2.75, 3.05) is 0 Å². The zero-order valence-corrected chi connectivity index (χ0v) is 5.49. The summed E-state index contributed by atoms with van der Waals surface area (Å²) >= 11 is -1.90. The van der Waals surface area contributed by atoms with E-state index in [4.69, 9.17) is 6.40 Å². The Hall–Kier alpha value is 0.798. The molecule has 0 radical (unpaired) electrons. The van der Waals surface area contributed by atoms with Crippen molar-refractivity contribution in [3.05, 3.63) is 0 Å². The molecule has 0 aliphatic heterocycles. The van der Waals surface area contributed by atoms with Gasteiger partial charge in [0.05, 0.1) is 0 Å². The Morgan fingerprint density at radius 1 is 1.60 bits per heavy atom. The molecule has 0 atom stereocenters. The summed E-state index contributed by atoms with van der Waals surface area (Å²) in [5.41, 5.74) is 0. The first-order valence-electron chi connectivity index (χ1n) is 0.383. The van der Waals surface area contributed by atoms with E-state index in [-0.39, 0.29) is 17.1 Å². The molecular weight excluding hydrogens is 208 g/mol. The summed E-state index contributed by atoms with van der Waals surface area (Å²) in [6.07, 6.45) is 0. The zero-order valence-electron chi connectivity index (χ0n) is 2.12. The molecule has 0 bridgehead atoms. The standard InChI is InChI=1S/ClH.FH.H2O.O.Sb/h2*1H;1H2;;/q;;;;+1/p-1. The van der Waals surface area contributed by atoms with Gasteiger partial charge in [-0.2, -0.15) is 0 Å². The predicted octanol–water partition coefficient (Wildman–Crippen LogP) is -0.482. The van der Waals surface area contributed by atoms with Gasteiger partial charge in [0.25, 0.3) is 0 Å². The summed E-state index contributed by atoms with van der Waals surface area (Å²) in [6.45, 7) is 0. The van der Waals surface area contributed by atoms with E-state index in [1.54, 1.807) is 0 Å². The molecule has 0 saturated carbocycles. The van der Waals surface area contributed by atoms with Gasteiger partial charge >= 0.3 is 28.4 Å². The van der Waals surface area contributed by atoms with Gasteiger partial charge in [-0.3, -0.25) is 4.70 Å². The van der Waals surface area contributed by atoms with Gasteiger partial charge in [0, 0.05) is 0 Å². The number of hydrogen-bond acceptors (Lipinski definition) is 1. The zero-order chi connectivity index (χ0) is 2.71. The molecule has 0 unspecified atom stereocenters. The van der Waals surface area contributed by atoms with Gasteiger partial charge in [0.2, 0.25) is 0 Å². The molecule has 5 heavy (non-hydrogen) atoms. The van der Waals surface area contributed by atoms with Gasteiger partial charge in [-0.25, -0.2) is 0 Å². The minimum atomic E-state index is -1.90. The molecule has 0 fully saturated rings. The summed E-state index contributed by atoms with van der Waals surface area (Å²) in [5.74, 6) is 0. The monoisotopic (exact) mass is 210 g/mol. The van der Waals surface area contributed by atoms with Crippen LogP contribution < -0.4 is 0 Å². The number of rotatable bonds is 0. The van der Waals surface area contributed by atoms with Crippen LogP contribution in [0.25, 0.3) is 0 Å². The third-order valence-corrected chi connectivity index (χ3v) is 0. The molecule has 0 rings (SSSR count). The van der Waals surface area contributed by atoms with E-state index in [0.717, 1.165) is 0 Å². The number of hydrogen-bond donors (Lipinski definition) is 1. The van der Waals surface area contributed by atoms with E-state index >= 15 is 0 Å². The molecular formula is H3ClFO2Sb. The molecule has 0 heterocycles. The first-order valence-corrected chi connectivity index (χ1v) is 2.57. The molecule has 0 saturated heterocycles. The van der Waals surface area contributed by atoms with Crippen LogP contribution in [0.4, 0.5) is 4.70 Å².